The van der Waals surface area contributed by atoms with E-state index >= 15 is 0 Å². The van der Waals surface area contributed by atoms with Gasteiger partial charge in [-0.1, -0.05) is 43.3 Å². The number of para-hydroxylation sites is 1. The lowest BCUT2D eigenvalue weighted by atomic mass is 9.94. The fraction of sp³-hybridized carbons (Fsp3) is 0.207. The SMILES string of the molecule is CCCOc1cccc(/C(O)=C2\C(=O)C(=O)N(c3cccc(NC(C)=O)c3)C2c2ccccc2OC)c1. The third kappa shape index (κ3) is 5.18. The fourth-order valence-electron chi connectivity index (χ4n) is 4.33. The molecule has 37 heavy (non-hydrogen) atoms. The summed E-state index contributed by atoms with van der Waals surface area (Å²) in [4.78, 5) is 39.8. The molecule has 3 aromatic carbocycles. The summed E-state index contributed by atoms with van der Waals surface area (Å²) in [6.07, 6.45) is 0.812. The van der Waals surface area contributed by atoms with E-state index in [1.807, 2.05) is 6.92 Å². The lowest BCUT2D eigenvalue weighted by Crippen LogP contribution is -2.29. The number of Topliss-reactive ketones (excluding diaryl/α,β-unsaturated/α-hetero) is 1. The van der Waals surface area contributed by atoms with Crippen LogP contribution in [0, 0.1) is 0 Å². The molecule has 2 amide bonds. The molecule has 1 aliphatic heterocycles. The predicted octanol–water partition coefficient (Wildman–Crippen LogP) is 5.07. The van der Waals surface area contributed by atoms with E-state index in [9.17, 15) is 19.5 Å². The van der Waals surface area contributed by atoms with Crippen molar-refractivity contribution >= 4 is 34.7 Å². The van der Waals surface area contributed by atoms with Gasteiger partial charge >= 0.3 is 0 Å². The number of amides is 2. The molecule has 2 N–H and O–H groups in total. The number of aliphatic hydroxyl groups excluding tert-OH is 1. The fourth-order valence-corrected chi connectivity index (χ4v) is 4.33. The Hall–Kier alpha value is -4.59. The van der Waals surface area contributed by atoms with Crippen LogP contribution in [0.1, 0.15) is 37.4 Å². The molecule has 0 radical (unpaired) electrons. The minimum absolute atomic E-state index is 0.0768. The zero-order valence-electron chi connectivity index (χ0n) is 20.9. The van der Waals surface area contributed by atoms with Crippen LogP contribution in [0.5, 0.6) is 11.5 Å². The van der Waals surface area contributed by atoms with Crippen LogP contribution in [0.15, 0.2) is 78.4 Å². The Bertz CT molecular complexity index is 1380. The van der Waals surface area contributed by atoms with Gasteiger partial charge in [0.2, 0.25) is 5.91 Å². The lowest BCUT2D eigenvalue weighted by molar-refractivity contribution is -0.132. The third-order valence-corrected chi connectivity index (χ3v) is 5.90. The van der Waals surface area contributed by atoms with E-state index in [-0.39, 0.29) is 17.2 Å². The van der Waals surface area contributed by atoms with Crippen LogP contribution in [0.4, 0.5) is 11.4 Å². The molecular weight excluding hydrogens is 472 g/mol. The number of benzene rings is 3. The zero-order chi connectivity index (χ0) is 26.5. The Kier molecular flexibility index (Phi) is 7.57. The summed E-state index contributed by atoms with van der Waals surface area (Å²) in [5.41, 5.74) is 1.63. The van der Waals surface area contributed by atoms with Gasteiger partial charge in [-0.25, -0.2) is 0 Å². The van der Waals surface area contributed by atoms with E-state index in [1.54, 1.807) is 72.8 Å². The van der Waals surface area contributed by atoms with Crippen LogP contribution in [-0.2, 0) is 14.4 Å². The highest BCUT2D eigenvalue weighted by atomic mass is 16.5. The summed E-state index contributed by atoms with van der Waals surface area (Å²) < 4.78 is 11.2. The number of nitrogens with zero attached hydrogens (tertiary/aromatic N) is 1. The Morgan fingerprint density at radius 2 is 1.78 bits per heavy atom. The molecule has 4 rings (SSSR count). The first-order chi connectivity index (χ1) is 17.8. The quantitative estimate of drug-likeness (QED) is 0.254. The molecule has 8 nitrogen and oxygen atoms in total. The minimum Gasteiger partial charge on any atom is -0.507 e. The first-order valence-electron chi connectivity index (χ1n) is 11.9. The van der Waals surface area contributed by atoms with Gasteiger partial charge in [0.25, 0.3) is 11.7 Å². The Morgan fingerprint density at radius 3 is 2.51 bits per heavy atom. The first kappa shape index (κ1) is 25.5. The lowest BCUT2D eigenvalue weighted by Gasteiger charge is -2.27. The van der Waals surface area contributed by atoms with Crippen molar-refractivity contribution in [2.45, 2.75) is 26.3 Å². The van der Waals surface area contributed by atoms with Crippen LogP contribution in [0.3, 0.4) is 0 Å². The summed E-state index contributed by atoms with van der Waals surface area (Å²) in [5, 5.41) is 14.1. The molecule has 0 aliphatic carbocycles. The van der Waals surface area contributed by atoms with Crippen LogP contribution in [-0.4, -0.2) is 36.4 Å². The molecule has 0 saturated carbocycles. The van der Waals surface area contributed by atoms with Crippen molar-refractivity contribution in [1.29, 1.82) is 0 Å². The van der Waals surface area contributed by atoms with Crippen LogP contribution in [0.25, 0.3) is 5.76 Å². The van der Waals surface area contributed by atoms with Crippen molar-refractivity contribution in [2.24, 2.45) is 0 Å². The average Bonchev–Trinajstić information content (AvgIpc) is 3.16. The molecule has 0 bridgehead atoms. The summed E-state index contributed by atoms with van der Waals surface area (Å²) in [6, 6.07) is 19.4. The van der Waals surface area contributed by atoms with Gasteiger partial charge < -0.3 is 19.9 Å². The number of rotatable bonds is 8. The molecule has 1 fully saturated rings. The van der Waals surface area contributed by atoms with Crippen LogP contribution >= 0.6 is 0 Å². The van der Waals surface area contributed by atoms with Gasteiger partial charge in [-0.2, -0.15) is 0 Å². The Morgan fingerprint density at radius 1 is 1.03 bits per heavy atom. The van der Waals surface area contributed by atoms with Crippen LogP contribution < -0.4 is 19.7 Å². The first-order valence-corrected chi connectivity index (χ1v) is 11.9. The van der Waals surface area contributed by atoms with E-state index in [2.05, 4.69) is 5.32 Å². The second-order valence-electron chi connectivity index (χ2n) is 8.52. The van der Waals surface area contributed by atoms with Crippen molar-refractivity contribution in [3.63, 3.8) is 0 Å². The highest BCUT2D eigenvalue weighted by Gasteiger charge is 2.48. The second-order valence-corrected chi connectivity index (χ2v) is 8.52. The molecule has 1 unspecified atom stereocenters. The maximum atomic E-state index is 13.5. The highest BCUT2D eigenvalue weighted by Crippen LogP contribution is 2.45. The third-order valence-electron chi connectivity index (χ3n) is 5.90. The molecular formula is C29H28N2O6. The summed E-state index contributed by atoms with van der Waals surface area (Å²) >= 11 is 0. The number of methoxy groups -OCH3 is 1. The summed E-state index contributed by atoms with van der Waals surface area (Å²) in [6.45, 7) is 3.87. The number of ketones is 1. The van der Waals surface area contributed by atoms with Gasteiger partial charge in [-0.3, -0.25) is 19.3 Å². The van der Waals surface area contributed by atoms with Gasteiger partial charge in [0.1, 0.15) is 17.3 Å². The summed E-state index contributed by atoms with van der Waals surface area (Å²) in [5.74, 6) is -1.25. The highest BCUT2D eigenvalue weighted by molar-refractivity contribution is 6.51. The molecule has 1 aliphatic rings. The van der Waals surface area contributed by atoms with Gasteiger partial charge in [-0.05, 0) is 42.8 Å². The number of anilines is 2. The topological polar surface area (TPSA) is 105 Å². The number of nitrogens with one attached hydrogen (secondary N) is 1. The van der Waals surface area contributed by atoms with E-state index in [0.717, 1.165) is 6.42 Å². The van der Waals surface area contributed by atoms with E-state index < -0.39 is 17.7 Å². The number of aliphatic hydroxyl groups is 1. The zero-order valence-corrected chi connectivity index (χ0v) is 20.9. The molecule has 3 aromatic rings. The van der Waals surface area contributed by atoms with Gasteiger partial charge in [0.15, 0.2) is 0 Å². The number of ether oxygens (including phenoxy) is 2. The predicted molar refractivity (Wildman–Crippen MR) is 141 cm³/mol. The molecule has 8 heteroatoms. The van der Waals surface area contributed by atoms with Crippen LogP contribution in [0.2, 0.25) is 0 Å². The second kappa shape index (κ2) is 11.0. The average molecular weight is 501 g/mol. The standard InChI is InChI=1S/C29H28N2O6/c1-4-15-37-22-12-7-9-19(16-22)27(33)25-26(23-13-5-6-14-24(23)36-3)31(29(35)28(25)34)21-11-8-10-20(17-21)30-18(2)32/h5-14,16-17,26,33H,4,15H2,1-3H3,(H,30,32)/b27-25+. The molecule has 0 aromatic heterocycles. The number of hydrogen-bond acceptors (Lipinski definition) is 6. The Labute approximate surface area is 215 Å². The van der Waals surface area contributed by atoms with E-state index in [4.69, 9.17) is 9.47 Å². The van der Waals surface area contributed by atoms with Gasteiger partial charge in [0.05, 0.1) is 25.3 Å². The smallest absolute Gasteiger partial charge is 0.300 e. The molecule has 190 valence electrons. The number of carbonyl (C=O) groups excluding carboxylic acids is 3. The normalized spacial score (nSPS) is 16.5. The monoisotopic (exact) mass is 500 g/mol. The largest absolute Gasteiger partial charge is 0.507 e. The Balaban J connectivity index is 1.91. The van der Waals surface area contributed by atoms with E-state index in [0.29, 0.717) is 40.6 Å². The minimum atomic E-state index is -0.982. The van der Waals surface area contributed by atoms with Crippen molar-refractivity contribution in [3.05, 3.63) is 89.5 Å². The maximum absolute atomic E-state index is 13.5. The van der Waals surface area contributed by atoms with E-state index in [1.165, 1.54) is 18.9 Å². The molecule has 0 spiro atoms. The maximum Gasteiger partial charge on any atom is 0.300 e. The number of carbonyl (C=O) groups is 3. The van der Waals surface area contributed by atoms with Gasteiger partial charge in [-0.15, -0.1) is 0 Å². The summed E-state index contributed by atoms with van der Waals surface area (Å²) in [7, 11) is 1.50. The molecule has 1 saturated heterocycles. The van der Waals surface area contributed by atoms with Crippen molar-refractivity contribution in [3.8, 4) is 11.5 Å². The molecule has 1 atom stereocenters. The van der Waals surface area contributed by atoms with Crippen molar-refractivity contribution < 1.29 is 29.0 Å². The van der Waals surface area contributed by atoms with Crippen molar-refractivity contribution in [1.82, 2.24) is 0 Å². The number of hydrogen-bond donors (Lipinski definition) is 2. The van der Waals surface area contributed by atoms with Crippen molar-refractivity contribution in [2.75, 3.05) is 23.9 Å². The van der Waals surface area contributed by atoms with Gasteiger partial charge in [0, 0.05) is 29.4 Å². The molecule has 1 heterocycles.